The van der Waals surface area contributed by atoms with Gasteiger partial charge in [0.1, 0.15) is 0 Å². The minimum Gasteiger partial charge on any atom is -0.383 e. The largest absolute Gasteiger partial charge is 0.383 e. The lowest BCUT2D eigenvalue weighted by Gasteiger charge is -2.36. The number of nitrogens with one attached hydrogen (secondary N) is 1. The van der Waals surface area contributed by atoms with Gasteiger partial charge in [0.05, 0.1) is 6.61 Å². The van der Waals surface area contributed by atoms with Crippen molar-refractivity contribution in [1.82, 2.24) is 10.2 Å². The van der Waals surface area contributed by atoms with Crippen molar-refractivity contribution in [2.75, 3.05) is 33.4 Å². The molecule has 1 aromatic carbocycles. The fourth-order valence-corrected chi connectivity index (χ4v) is 3.43. The third kappa shape index (κ3) is 4.29. The second-order valence-electron chi connectivity index (χ2n) is 5.91. The van der Waals surface area contributed by atoms with Crippen molar-refractivity contribution >= 4 is 0 Å². The van der Waals surface area contributed by atoms with E-state index < -0.39 is 0 Å². The topological polar surface area (TPSA) is 24.5 Å². The molecule has 3 nitrogen and oxygen atoms in total. The summed E-state index contributed by atoms with van der Waals surface area (Å²) < 4.78 is 5.31. The van der Waals surface area contributed by atoms with Gasteiger partial charge in [0.2, 0.25) is 0 Å². The lowest BCUT2D eigenvalue weighted by atomic mass is 9.93. The average Bonchev–Trinajstić information content (AvgIpc) is 2.53. The van der Waals surface area contributed by atoms with Crippen LogP contribution in [0.25, 0.3) is 0 Å². The highest BCUT2D eigenvalue weighted by molar-refractivity contribution is 5.32. The summed E-state index contributed by atoms with van der Waals surface area (Å²) in [4.78, 5) is 2.60. The van der Waals surface area contributed by atoms with Gasteiger partial charge in [0.15, 0.2) is 0 Å². The number of rotatable bonds is 8. The monoisotopic (exact) mass is 290 g/mol. The maximum atomic E-state index is 5.31. The molecule has 1 heterocycles. The molecule has 3 heteroatoms. The minimum atomic E-state index is 0.451. The van der Waals surface area contributed by atoms with Crippen LogP contribution in [0.2, 0.25) is 0 Å². The smallest absolute Gasteiger partial charge is 0.0589 e. The maximum Gasteiger partial charge on any atom is 0.0589 e. The Hall–Kier alpha value is -0.900. The number of hydrogen-bond acceptors (Lipinski definition) is 3. The molecular formula is C18H30N2O. The van der Waals surface area contributed by atoms with Gasteiger partial charge in [0.25, 0.3) is 0 Å². The van der Waals surface area contributed by atoms with Crippen LogP contribution in [0.1, 0.15) is 43.9 Å². The molecule has 1 aliphatic heterocycles. The van der Waals surface area contributed by atoms with Crippen LogP contribution >= 0.6 is 0 Å². The molecule has 21 heavy (non-hydrogen) atoms. The zero-order chi connectivity index (χ0) is 15.1. The maximum absolute atomic E-state index is 5.31. The van der Waals surface area contributed by atoms with Crippen LogP contribution in [0.5, 0.6) is 0 Å². The number of hydrogen-bond donors (Lipinski definition) is 1. The van der Waals surface area contributed by atoms with E-state index in [4.69, 9.17) is 4.74 Å². The van der Waals surface area contributed by atoms with Crippen molar-refractivity contribution in [1.29, 1.82) is 0 Å². The number of nitrogens with zero attached hydrogens (tertiary/aromatic N) is 1. The molecule has 1 atom stereocenters. The first kappa shape index (κ1) is 16.5. The Morgan fingerprint density at radius 2 is 2.05 bits per heavy atom. The zero-order valence-corrected chi connectivity index (χ0v) is 13.8. The van der Waals surface area contributed by atoms with Crippen LogP contribution in [0.3, 0.4) is 0 Å². The quantitative estimate of drug-likeness (QED) is 0.796. The lowest BCUT2D eigenvalue weighted by Crippen LogP contribution is -2.44. The molecule has 118 valence electrons. The predicted octanol–water partition coefficient (Wildman–Crippen LogP) is 3.01. The van der Waals surface area contributed by atoms with E-state index in [0.717, 1.165) is 32.7 Å². The summed E-state index contributed by atoms with van der Waals surface area (Å²) in [7, 11) is 1.79. The number of ether oxygens (including phenoxy) is 1. The van der Waals surface area contributed by atoms with Gasteiger partial charge in [-0.3, -0.25) is 4.90 Å². The van der Waals surface area contributed by atoms with Crippen LogP contribution in [0.15, 0.2) is 24.3 Å². The first-order valence-electron chi connectivity index (χ1n) is 8.34. The molecule has 0 bridgehead atoms. The summed E-state index contributed by atoms with van der Waals surface area (Å²) in [6, 6.07) is 9.98. The van der Waals surface area contributed by atoms with Crippen molar-refractivity contribution < 1.29 is 4.74 Å². The van der Waals surface area contributed by atoms with Gasteiger partial charge in [-0.15, -0.1) is 0 Å². The van der Waals surface area contributed by atoms with Crippen molar-refractivity contribution in [3.63, 3.8) is 0 Å². The van der Waals surface area contributed by atoms with Gasteiger partial charge in [-0.25, -0.2) is 0 Å². The highest BCUT2D eigenvalue weighted by atomic mass is 16.5. The van der Waals surface area contributed by atoms with Crippen molar-refractivity contribution in [3.05, 3.63) is 35.4 Å². The van der Waals surface area contributed by atoms with E-state index >= 15 is 0 Å². The predicted molar refractivity (Wildman–Crippen MR) is 88.7 cm³/mol. The van der Waals surface area contributed by atoms with Gasteiger partial charge in [-0.05, 0) is 36.9 Å². The molecule has 0 saturated carbocycles. The molecular weight excluding hydrogens is 260 g/mol. The first-order chi connectivity index (χ1) is 10.3. The molecule has 2 rings (SSSR count). The Labute approximate surface area is 129 Å². The van der Waals surface area contributed by atoms with Crippen molar-refractivity contribution in [2.24, 2.45) is 0 Å². The molecule has 0 saturated heterocycles. The molecule has 0 spiro atoms. The third-order valence-corrected chi connectivity index (χ3v) is 4.67. The minimum absolute atomic E-state index is 0.451. The molecule has 0 aliphatic carbocycles. The summed E-state index contributed by atoms with van der Waals surface area (Å²) in [6.07, 6.45) is 3.55. The summed E-state index contributed by atoms with van der Waals surface area (Å²) in [5.41, 5.74) is 3.00. The van der Waals surface area contributed by atoms with E-state index in [0.29, 0.717) is 12.1 Å². The Bertz CT molecular complexity index is 417. The normalized spacial score (nSPS) is 18.2. The fourth-order valence-electron chi connectivity index (χ4n) is 3.43. The van der Waals surface area contributed by atoms with Crippen LogP contribution in [-0.2, 0) is 11.2 Å². The fraction of sp³-hybridized carbons (Fsp3) is 0.667. The molecule has 1 unspecified atom stereocenters. The second kappa shape index (κ2) is 8.52. The standard InChI is InChI=1S/C18H30N2O/c1-4-16(5-2)20(12-13-21-3)14-18-17-9-7-6-8-15(17)10-11-19-18/h6-9,16,18-19H,4-5,10-14H2,1-3H3. The summed E-state index contributed by atoms with van der Waals surface area (Å²) in [5, 5.41) is 3.70. The van der Waals surface area contributed by atoms with E-state index in [2.05, 4.69) is 48.3 Å². The van der Waals surface area contributed by atoms with Gasteiger partial charge < -0.3 is 10.1 Å². The summed E-state index contributed by atoms with van der Waals surface area (Å²) in [5.74, 6) is 0. The van der Waals surface area contributed by atoms with Crippen LogP contribution in [0, 0.1) is 0 Å². The highest BCUT2D eigenvalue weighted by Crippen LogP contribution is 2.24. The van der Waals surface area contributed by atoms with Crippen molar-refractivity contribution in [2.45, 2.75) is 45.2 Å². The molecule has 1 aromatic rings. The molecule has 0 amide bonds. The van der Waals surface area contributed by atoms with E-state index in [9.17, 15) is 0 Å². The Morgan fingerprint density at radius 1 is 1.29 bits per heavy atom. The SMILES string of the molecule is CCC(CC)N(CCOC)CC1NCCc2ccccc21. The highest BCUT2D eigenvalue weighted by Gasteiger charge is 2.24. The van der Waals surface area contributed by atoms with Gasteiger partial charge in [0, 0.05) is 32.3 Å². The van der Waals surface area contributed by atoms with E-state index in [1.807, 2.05) is 0 Å². The number of methoxy groups -OCH3 is 1. The Kier molecular flexibility index (Phi) is 6.68. The van der Waals surface area contributed by atoms with Gasteiger partial charge in [-0.2, -0.15) is 0 Å². The number of benzene rings is 1. The van der Waals surface area contributed by atoms with Crippen LogP contribution < -0.4 is 5.32 Å². The lowest BCUT2D eigenvalue weighted by molar-refractivity contribution is 0.105. The molecule has 0 radical (unpaired) electrons. The number of fused-ring (bicyclic) bond motifs is 1. The van der Waals surface area contributed by atoms with Crippen LogP contribution in [-0.4, -0.2) is 44.3 Å². The summed E-state index contributed by atoms with van der Waals surface area (Å²) >= 11 is 0. The van der Waals surface area contributed by atoms with Gasteiger partial charge >= 0.3 is 0 Å². The molecule has 0 fully saturated rings. The van der Waals surface area contributed by atoms with Gasteiger partial charge in [-0.1, -0.05) is 38.1 Å². The van der Waals surface area contributed by atoms with Crippen molar-refractivity contribution in [3.8, 4) is 0 Å². The van der Waals surface area contributed by atoms with Crippen LogP contribution in [0.4, 0.5) is 0 Å². The Balaban J connectivity index is 2.09. The van der Waals surface area contributed by atoms with E-state index in [1.54, 1.807) is 7.11 Å². The Morgan fingerprint density at radius 3 is 2.76 bits per heavy atom. The zero-order valence-electron chi connectivity index (χ0n) is 13.8. The van der Waals surface area contributed by atoms with E-state index in [1.165, 1.54) is 24.0 Å². The molecule has 1 N–H and O–H groups in total. The van der Waals surface area contributed by atoms with E-state index in [-0.39, 0.29) is 0 Å². The first-order valence-corrected chi connectivity index (χ1v) is 8.34. The second-order valence-corrected chi connectivity index (χ2v) is 5.91. The molecule has 1 aliphatic rings. The summed E-state index contributed by atoms with van der Waals surface area (Å²) in [6.45, 7) is 8.57. The third-order valence-electron chi connectivity index (χ3n) is 4.67. The molecule has 0 aromatic heterocycles. The average molecular weight is 290 g/mol.